The zero-order valence-electron chi connectivity index (χ0n) is 7.40. The maximum absolute atomic E-state index is 10.2. The second-order valence-electron chi connectivity index (χ2n) is 2.66. The van der Waals surface area contributed by atoms with E-state index in [0.717, 1.165) is 12.2 Å². The van der Waals surface area contributed by atoms with Crippen molar-refractivity contribution in [2.75, 3.05) is 12.9 Å². The molecule has 0 heterocycles. The predicted molar refractivity (Wildman–Crippen MR) is 55.1 cm³/mol. The first-order chi connectivity index (χ1) is 6.36. The average molecular weight is 199 g/mol. The minimum atomic E-state index is -0.826. The van der Waals surface area contributed by atoms with Gasteiger partial charge >= 0.3 is 0 Å². The van der Waals surface area contributed by atoms with E-state index < -0.39 is 8.46 Å². The molecule has 0 saturated heterocycles. The van der Waals surface area contributed by atoms with Crippen molar-refractivity contribution in [1.82, 2.24) is 0 Å². The third-order valence-corrected chi connectivity index (χ3v) is 1.98. The van der Waals surface area contributed by atoms with Gasteiger partial charge in [0.15, 0.2) is 0 Å². The molecule has 0 amide bonds. The summed E-state index contributed by atoms with van der Waals surface area (Å²) in [6.45, 7) is 0.658. The molecule has 2 N–H and O–H groups in total. The van der Waals surface area contributed by atoms with Gasteiger partial charge in [-0.25, -0.2) is 0 Å². The lowest BCUT2D eigenvalue weighted by molar-refractivity contribution is 0.384. The summed E-state index contributed by atoms with van der Waals surface area (Å²) in [5.74, 6) is 0.768. The summed E-state index contributed by atoms with van der Waals surface area (Å²) < 4.78 is 15.4. The highest BCUT2D eigenvalue weighted by molar-refractivity contribution is 7.23. The molecule has 0 aliphatic carbocycles. The third kappa shape index (κ3) is 3.62. The summed E-state index contributed by atoms with van der Waals surface area (Å²) in [4.78, 5) is 0. The standard InChI is InChI=1S/C9H14NO2P/c10-6-5-8-1-3-9(4-2-8)12-7-13-11/h1-4H,5-7,10,13H2. The van der Waals surface area contributed by atoms with E-state index in [9.17, 15) is 4.57 Å². The Hall–Kier alpha value is -0.790. The van der Waals surface area contributed by atoms with Gasteiger partial charge in [0, 0.05) is 0 Å². The summed E-state index contributed by atoms with van der Waals surface area (Å²) >= 11 is 0. The van der Waals surface area contributed by atoms with E-state index in [0.29, 0.717) is 12.9 Å². The van der Waals surface area contributed by atoms with Crippen LogP contribution in [0.2, 0.25) is 0 Å². The molecule has 4 heteroatoms. The molecule has 0 radical (unpaired) electrons. The zero-order chi connectivity index (χ0) is 9.52. The van der Waals surface area contributed by atoms with E-state index in [4.69, 9.17) is 10.5 Å². The highest BCUT2D eigenvalue weighted by Crippen LogP contribution is 2.13. The molecule has 0 spiro atoms. The number of nitrogens with two attached hydrogens (primary N) is 1. The van der Waals surface area contributed by atoms with Gasteiger partial charge in [0.2, 0.25) is 0 Å². The second kappa shape index (κ2) is 5.79. The smallest absolute Gasteiger partial charge is 0.136 e. The van der Waals surface area contributed by atoms with Crippen LogP contribution < -0.4 is 10.5 Å². The van der Waals surface area contributed by atoms with E-state index >= 15 is 0 Å². The van der Waals surface area contributed by atoms with Gasteiger partial charge in [0.1, 0.15) is 20.6 Å². The monoisotopic (exact) mass is 199 g/mol. The first-order valence-electron chi connectivity index (χ1n) is 4.22. The van der Waals surface area contributed by atoms with Crippen LogP contribution in [0.5, 0.6) is 5.75 Å². The zero-order valence-corrected chi connectivity index (χ0v) is 8.56. The van der Waals surface area contributed by atoms with Crippen molar-refractivity contribution in [3.05, 3.63) is 29.8 Å². The fraction of sp³-hybridized carbons (Fsp3) is 0.333. The largest absolute Gasteiger partial charge is 0.486 e. The fourth-order valence-electron chi connectivity index (χ4n) is 1.05. The van der Waals surface area contributed by atoms with Crippen LogP contribution in [0.4, 0.5) is 0 Å². The van der Waals surface area contributed by atoms with Crippen molar-refractivity contribution in [2.24, 2.45) is 5.73 Å². The highest BCUT2D eigenvalue weighted by atomic mass is 31.1. The summed E-state index contributed by atoms with van der Waals surface area (Å²) in [5.41, 5.74) is 6.61. The van der Waals surface area contributed by atoms with Gasteiger partial charge < -0.3 is 15.0 Å². The highest BCUT2D eigenvalue weighted by Gasteiger charge is 1.93. The number of benzene rings is 1. The van der Waals surface area contributed by atoms with E-state index in [1.165, 1.54) is 5.56 Å². The molecule has 1 rings (SSSR count). The van der Waals surface area contributed by atoms with E-state index in [-0.39, 0.29) is 0 Å². The van der Waals surface area contributed by atoms with Crippen molar-refractivity contribution in [1.29, 1.82) is 0 Å². The summed E-state index contributed by atoms with van der Waals surface area (Å²) in [6.07, 6.45) is 1.20. The Labute approximate surface area is 79.1 Å². The molecule has 0 aliphatic rings. The van der Waals surface area contributed by atoms with Crippen LogP contribution in [0.3, 0.4) is 0 Å². The van der Waals surface area contributed by atoms with Gasteiger partial charge in [-0.2, -0.15) is 0 Å². The molecular formula is C9H14NO2P. The lowest BCUT2D eigenvalue weighted by Gasteiger charge is -2.03. The van der Waals surface area contributed by atoms with E-state index in [1.54, 1.807) is 0 Å². The number of rotatable bonds is 5. The van der Waals surface area contributed by atoms with Crippen LogP contribution in [-0.4, -0.2) is 12.9 Å². The molecule has 1 unspecified atom stereocenters. The molecule has 1 atom stereocenters. The van der Waals surface area contributed by atoms with Crippen molar-refractivity contribution in [3.63, 3.8) is 0 Å². The normalized spacial score (nSPS) is 10.8. The first kappa shape index (κ1) is 10.3. The SMILES string of the molecule is NCCc1ccc(OC[PH2]=O)cc1. The lowest BCUT2D eigenvalue weighted by atomic mass is 10.1. The molecule has 13 heavy (non-hydrogen) atoms. The molecule has 0 aliphatic heterocycles. The van der Waals surface area contributed by atoms with Gasteiger partial charge in [-0.05, 0) is 30.7 Å². The van der Waals surface area contributed by atoms with Crippen LogP contribution in [0, 0.1) is 0 Å². The maximum atomic E-state index is 10.2. The Morgan fingerprint density at radius 1 is 1.31 bits per heavy atom. The second-order valence-corrected chi connectivity index (χ2v) is 3.33. The molecule has 3 nitrogen and oxygen atoms in total. The summed E-state index contributed by atoms with van der Waals surface area (Å²) in [6, 6.07) is 7.70. The van der Waals surface area contributed by atoms with Gasteiger partial charge in [0.25, 0.3) is 0 Å². The maximum Gasteiger partial charge on any atom is 0.136 e. The number of hydrogen-bond donors (Lipinski definition) is 1. The Kier molecular flexibility index (Phi) is 4.58. The Balaban J connectivity index is 2.53. The van der Waals surface area contributed by atoms with E-state index in [1.807, 2.05) is 24.3 Å². The van der Waals surface area contributed by atoms with E-state index in [2.05, 4.69) is 0 Å². The van der Waals surface area contributed by atoms with Crippen LogP contribution in [0.15, 0.2) is 24.3 Å². The van der Waals surface area contributed by atoms with Crippen molar-refractivity contribution < 1.29 is 9.30 Å². The topological polar surface area (TPSA) is 52.3 Å². The molecule has 0 bridgehead atoms. The minimum absolute atomic E-state index is 0.316. The average Bonchev–Trinajstić information content (AvgIpc) is 2.17. The van der Waals surface area contributed by atoms with Gasteiger partial charge in [-0.3, -0.25) is 0 Å². The van der Waals surface area contributed by atoms with Crippen molar-refractivity contribution in [2.45, 2.75) is 6.42 Å². The van der Waals surface area contributed by atoms with Crippen LogP contribution in [0.1, 0.15) is 5.56 Å². The van der Waals surface area contributed by atoms with Gasteiger partial charge in [-0.1, -0.05) is 12.1 Å². The molecule has 0 fully saturated rings. The minimum Gasteiger partial charge on any atom is -0.486 e. The van der Waals surface area contributed by atoms with Crippen molar-refractivity contribution >= 4 is 8.46 Å². The third-order valence-electron chi connectivity index (χ3n) is 1.67. The molecule has 0 saturated carbocycles. The summed E-state index contributed by atoms with van der Waals surface area (Å²) in [5, 5.41) is 0. The van der Waals surface area contributed by atoms with Gasteiger partial charge in [-0.15, -0.1) is 0 Å². The predicted octanol–water partition coefficient (Wildman–Crippen LogP) is 1.28. The Morgan fingerprint density at radius 2 is 2.00 bits per heavy atom. The quantitative estimate of drug-likeness (QED) is 0.727. The fourth-order valence-corrected chi connectivity index (χ4v) is 1.31. The number of hydrogen-bond acceptors (Lipinski definition) is 3. The summed E-state index contributed by atoms with van der Waals surface area (Å²) in [7, 11) is -0.826. The lowest BCUT2D eigenvalue weighted by Crippen LogP contribution is -2.02. The van der Waals surface area contributed by atoms with Crippen LogP contribution in [-0.2, 0) is 11.0 Å². The Bertz CT molecular complexity index is 261. The molecule has 0 aromatic heterocycles. The molecular weight excluding hydrogens is 185 g/mol. The van der Waals surface area contributed by atoms with Gasteiger partial charge in [0.05, 0.1) is 0 Å². The van der Waals surface area contributed by atoms with Crippen molar-refractivity contribution in [3.8, 4) is 5.75 Å². The molecule has 1 aromatic rings. The molecule has 72 valence electrons. The first-order valence-corrected chi connectivity index (χ1v) is 5.51. The Morgan fingerprint density at radius 3 is 2.54 bits per heavy atom. The molecule has 1 aromatic carbocycles. The number of ether oxygens (including phenoxy) is 1. The van der Waals surface area contributed by atoms with Crippen LogP contribution in [0.25, 0.3) is 0 Å². The van der Waals surface area contributed by atoms with Crippen LogP contribution >= 0.6 is 8.46 Å².